The van der Waals surface area contributed by atoms with E-state index in [1.807, 2.05) is 0 Å². The minimum atomic E-state index is 0. The number of piperidine rings is 2. The number of hydrogen-bond donors (Lipinski definition) is 1. The molecular weight excluding hydrogens is 282 g/mol. The van der Waals surface area contributed by atoms with Gasteiger partial charge in [-0.3, -0.25) is 4.90 Å². The second-order valence-electron chi connectivity index (χ2n) is 7.16. The van der Waals surface area contributed by atoms with Crippen LogP contribution < -0.4 is 0 Å². The zero-order valence-electron chi connectivity index (χ0n) is 13.0. The molecule has 2 aliphatic carbocycles. The topological polar surface area (TPSA) is 23.5 Å². The van der Waals surface area contributed by atoms with Gasteiger partial charge in [0.15, 0.2) is 0 Å². The number of rotatable bonds is 2. The maximum absolute atomic E-state index is 9.72. The molecule has 3 unspecified atom stereocenters. The smallest absolute Gasteiger partial charge is 0.0474 e. The summed E-state index contributed by atoms with van der Waals surface area (Å²) in [5.74, 6) is 1.22. The van der Waals surface area contributed by atoms with E-state index in [1.54, 1.807) is 11.1 Å². The Kier molecular flexibility index (Phi) is 3.84. The van der Waals surface area contributed by atoms with E-state index in [2.05, 4.69) is 43.1 Å². The number of hydrogen-bond acceptors (Lipinski definition) is 2. The number of benzene rings is 1. The highest BCUT2D eigenvalue weighted by atomic mass is 35.5. The van der Waals surface area contributed by atoms with Crippen molar-refractivity contribution in [3.63, 3.8) is 0 Å². The van der Waals surface area contributed by atoms with Crippen molar-refractivity contribution in [3.8, 4) is 0 Å². The fourth-order valence-electron chi connectivity index (χ4n) is 5.73. The first-order valence-electron chi connectivity index (χ1n) is 8.12. The molecule has 1 saturated carbocycles. The molecule has 21 heavy (non-hydrogen) atoms. The maximum Gasteiger partial charge on any atom is 0.0474 e. The third-order valence-corrected chi connectivity index (χ3v) is 6.74. The van der Waals surface area contributed by atoms with Crippen LogP contribution in [0.4, 0.5) is 0 Å². The van der Waals surface area contributed by atoms with E-state index in [0.717, 1.165) is 5.92 Å². The summed E-state index contributed by atoms with van der Waals surface area (Å²) in [5, 5.41) is 9.72. The van der Waals surface area contributed by atoms with E-state index in [0.29, 0.717) is 30.0 Å². The largest absolute Gasteiger partial charge is 0.396 e. The van der Waals surface area contributed by atoms with E-state index < -0.39 is 0 Å². The highest BCUT2D eigenvalue weighted by Gasteiger charge is 2.59. The van der Waals surface area contributed by atoms with E-state index in [1.165, 1.54) is 25.7 Å². The standard InChI is InChI=1S/C18H25NO.ClH/c1-3-18-10-17-13(11-20)8-15(18)16(19(17)2)9-12-6-4-5-7-14(12)18;/h4-7,13,15-17,20H,3,8-11H2,1-2H3;1H/t13-,15?,16?,17?,18-;/m1./s1. The molecule has 2 nitrogen and oxygen atoms in total. The Labute approximate surface area is 134 Å². The Balaban J connectivity index is 0.00000132. The number of halogens is 1. The average molecular weight is 308 g/mol. The lowest BCUT2D eigenvalue weighted by Crippen LogP contribution is -2.68. The summed E-state index contributed by atoms with van der Waals surface area (Å²) in [5.41, 5.74) is 3.57. The van der Waals surface area contributed by atoms with Crippen LogP contribution in [0.15, 0.2) is 24.3 Å². The first kappa shape index (κ1) is 15.3. The SMILES string of the molecule is CC[C@]12CC3[C@@H](CO)CC1C(Cc1ccccc12)N3C.Cl. The summed E-state index contributed by atoms with van der Waals surface area (Å²) < 4.78 is 0. The molecule has 1 aromatic rings. The van der Waals surface area contributed by atoms with E-state index in [-0.39, 0.29) is 12.4 Å². The molecule has 3 heteroatoms. The van der Waals surface area contributed by atoms with Crippen LogP contribution in [0.1, 0.15) is 37.3 Å². The van der Waals surface area contributed by atoms with Gasteiger partial charge in [-0.15, -0.1) is 12.4 Å². The van der Waals surface area contributed by atoms with Gasteiger partial charge in [-0.1, -0.05) is 31.2 Å². The summed E-state index contributed by atoms with van der Waals surface area (Å²) in [6.07, 6.45) is 4.91. The average Bonchev–Trinajstić information content (AvgIpc) is 2.50. The van der Waals surface area contributed by atoms with Gasteiger partial charge in [0.25, 0.3) is 0 Å². The minimum absolute atomic E-state index is 0. The fraction of sp³-hybridized carbons (Fsp3) is 0.667. The molecular formula is C18H26ClNO. The maximum atomic E-state index is 9.72. The summed E-state index contributed by atoms with van der Waals surface area (Å²) in [4.78, 5) is 2.60. The molecule has 0 spiro atoms. The molecule has 3 fully saturated rings. The Morgan fingerprint density at radius 3 is 2.76 bits per heavy atom. The Morgan fingerprint density at radius 2 is 2.05 bits per heavy atom. The van der Waals surface area contributed by atoms with Crippen LogP contribution in [0.2, 0.25) is 0 Å². The molecule has 4 bridgehead atoms. The molecule has 116 valence electrons. The van der Waals surface area contributed by atoms with Crippen molar-refractivity contribution >= 4 is 12.4 Å². The van der Waals surface area contributed by atoms with Gasteiger partial charge in [-0.05, 0) is 55.7 Å². The van der Waals surface area contributed by atoms with Crippen molar-refractivity contribution in [3.05, 3.63) is 35.4 Å². The Hall–Kier alpha value is -0.570. The van der Waals surface area contributed by atoms with Crippen LogP contribution in [0.5, 0.6) is 0 Å². The molecule has 1 N–H and O–H groups in total. The molecule has 2 heterocycles. The molecule has 5 rings (SSSR count). The van der Waals surface area contributed by atoms with Crippen molar-refractivity contribution in [1.29, 1.82) is 0 Å². The predicted molar refractivity (Wildman–Crippen MR) is 88.0 cm³/mol. The zero-order valence-corrected chi connectivity index (χ0v) is 13.8. The summed E-state index contributed by atoms with van der Waals surface area (Å²) >= 11 is 0. The van der Waals surface area contributed by atoms with Crippen molar-refractivity contribution in [2.45, 2.75) is 50.1 Å². The first-order chi connectivity index (χ1) is 9.71. The lowest BCUT2D eigenvalue weighted by Gasteiger charge is -2.65. The second kappa shape index (κ2) is 5.26. The number of aliphatic hydroxyl groups excluding tert-OH is 1. The van der Waals surface area contributed by atoms with Crippen molar-refractivity contribution in [1.82, 2.24) is 4.90 Å². The monoisotopic (exact) mass is 307 g/mol. The summed E-state index contributed by atoms with van der Waals surface area (Å²) in [6, 6.07) is 10.4. The molecule has 0 amide bonds. The summed E-state index contributed by atoms with van der Waals surface area (Å²) in [7, 11) is 2.29. The fourth-order valence-corrected chi connectivity index (χ4v) is 5.73. The van der Waals surface area contributed by atoms with Gasteiger partial charge < -0.3 is 5.11 Å². The molecule has 2 saturated heterocycles. The van der Waals surface area contributed by atoms with Crippen LogP contribution in [0.3, 0.4) is 0 Å². The van der Waals surface area contributed by atoms with Gasteiger partial charge in [-0.25, -0.2) is 0 Å². The zero-order chi connectivity index (χ0) is 13.9. The Bertz CT molecular complexity index is 534. The molecule has 5 atom stereocenters. The van der Waals surface area contributed by atoms with Crippen molar-refractivity contribution < 1.29 is 5.11 Å². The molecule has 0 aromatic heterocycles. The van der Waals surface area contributed by atoms with Crippen LogP contribution in [-0.4, -0.2) is 35.7 Å². The van der Waals surface area contributed by atoms with Gasteiger partial charge in [-0.2, -0.15) is 0 Å². The third kappa shape index (κ3) is 1.85. The van der Waals surface area contributed by atoms with Gasteiger partial charge >= 0.3 is 0 Å². The number of fused-ring (bicyclic) bond motifs is 2. The highest BCUT2D eigenvalue weighted by Crippen LogP contribution is 2.59. The number of aliphatic hydroxyl groups is 1. The summed E-state index contributed by atoms with van der Waals surface area (Å²) in [6.45, 7) is 2.73. The lowest BCUT2D eigenvalue weighted by molar-refractivity contribution is -0.106. The lowest BCUT2D eigenvalue weighted by atomic mass is 9.48. The van der Waals surface area contributed by atoms with E-state index >= 15 is 0 Å². The first-order valence-corrected chi connectivity index (χ1v) is 8.12. The second-order valence-corrected chi connectivity index (χ2v) is 7.16. The van der Waals surface area contributed by atoms with Crippen LogP contribution >= 0.6 is 12.4 Å². The van der Waals surface area contributed by atoms with Gasteiger partial charge in [0.05, 0.1) is 0 Å². The van der Waals surface area contributed by atoms with Crippen LogP contribution in [0, 0.1) is 11.8 Å². The molecule has 0 radical (unpaired) electrons. The normalized spacial score (nSPS) is 40.5. The van der Waals surface area contributed by atoms with E-state index in [4.69, 9.17) is 0 Å². The number of likely N-dealkylation sites (N-methyl/N-ethyl adjacent to an activating group) is 1. The van der Waals surface area contributed by atoms with Crippen molar-refractivity contribution in [2.75, 3.05) is 13.7 Å². The van der Waals surface area contributed by atoms with E-state index in [9.17, 15) is 5.11 Å². The minimum Gasteiger partial charge on any atom is -0.396 e. The highest BCUT2D eigenvalue weighted by molar-refractivity contribution is 5.85. The van der Waals surface area contributed by atoms with Gasteiger partial charge in [0, 0.05) is 24.1 Å². The molecule has 1 aromatic carbocycles. The molecule has 2 aliphatic heterocycles. The predicted octanol–water partition coefficient (Wildman–Crippen LogP) is 3.01. The van der Waals surface area contributed by atoms with Gasteiger partial charge in [0.2, 0.25) is 0 Å². The number of nitrogens with zero attached hydrogens (tertiary/aromatic N) is 1. The van der Waals surface area contributed by atoms with Gasteiger partial charge in [0.1, 0.15) is 0 Å². The van der Waals surface area contributed by atoms with Crippen LogP contribution in [0.25, 0.3) is 0 Å². The Morgan fingerprint density at radius 1 is 1.29 bits per heavy atom. The van der Waals surface area contributed by atoms with Crippen LogP contribution in [-0.2, 0) is 11.8 Å². The third-order valence-electron chi connectivity index (χ3n) is 6.74. The van der Waals surface area contributed by atoms with Crippen molar-refractivity contribution in [2.24, 2.45) is 11.8 Å². The quantitative estimate of drug-likeness (QED) is 0.908. The molecule has 4 aliphatic rings.